The first-order chi connectivity index (χ1) is 14.1. The fourth-order valence-corrected chi connectivity index (χ4v) is 3.66. The van der Waals surface area contributed by atoms with E-state index in [4.69, 9.17) is 14.2 Å². The smallest absolute Gasteiger partial charge is 0.311 e. The highest BCUT2D eigenvalue weighted by Gasteiger charge is 2.23. The molecule has 0 aromatic heterocycles. The van der Waals surface area contributed by atoms with Crippen LogP contribution in [-0.2, 0) is 11.2 Å². The first-order valence-electron chi connectivity index (χ1n) is 9.99. The van der Waals surface area contributed by atoms with E-state index in [0.29, 0.717) is 30.3 Å². The number of aliphatic carboxylic acids is 1. The SMILES string of the molecule is COc1ccc(C(Cc2ccc(OC)cc2OCCN2CCCC2)C(=O)O)cc1. The zero-order chi connectivity index (χ0) is 20.6. The number of hydrogen-bond acceptors (Lipinski definition) is 5. The average molecular weight is 399 g/mol. The lowest BCUT2D eigenvalue weighted by Gasteiger charge is -2.19. The van der Waals surface area contributed by atoms with Gasteiger partial charge in [-0.15, -0.1) is 0 Å². The number of nitrogens with zero attached hydrogens (tertiary/aromatic N) is 1. The van der Waals surface area contributed by atoms with Gasteiger partial charge >= 0.3 is 5.97 Å². The van der Waals surface area contributed by atoms with Gasteiger partial charge in [-0.25, -0.2) is 0 Å². The number of likely N-dealkylation sites (tertiary alicyclic amines) is 1. The number of benzene rings is 2. The number of carbonyl (C=O) groups is 1. The maximum atomic E-state index is 12.0. The molecule has 1 heterocycles. The number of methoxy groups -OCH3 is 2. The normalized spacial score (nSPS) is 15.1. The van der Waals surface area contributed by atoms with Crippen molar-refractivity contribution in [2.24, 2.45) is 0 Å². The average Bonchev–Trinajstić information content (AvgIpc) is 3.26. The molecule has 0 saturated carbocycles. The maximum absolute atomic E-state index is 12.0. The summed E-state index contributed by atoms with van der Waals surface area (Å²) >= 11 is 0. The highest BCUT2D eigenvalue weighted by molar-refractivity contribution is 5.76. The molecule has 1 unspecified atom stereocenters. The predicted octanol–water partition coefficient (Wildman–Crippen LogP) is 3.59. The van der Waals surface area contributed by atoms with E-state index in [-0.39, 0.29) is 0 Å². The summed E-state index contributed by atoms with van der Waals surface area (Å²) in [7, 11) is 3.20. The van der Waals surface area contributed by atoms with Gasteiger partial charge in [-0.05, 0) is 61.7 Å². The van der Waals surface area contributed by atoms with Gasteiger partial charge in [0, 0.05) is 12.6 Å². The minimum atomic E-state index is -0.867. The van der Waals surface area contributed by atoms with Crippen LogP contribution in [-0.4, -0.2) is 56.4 Å². The zero-order valence-corrected chi connectivity index (χ0v) is 17.1. The van der Waals surface area contributed by atoms with Crippen LogP contribution in [0.4, 0.5) is 0 Å². The molecule has 1 atom stereocenters. The van der Waals surface area contributed by atoms with Crippen molar-refractivity contribution < 1.29 is 24.1 Å². The van der Waals surface area contributed by atoms with Gasteiger partial charge in [0.2, 0.25) is 0 Å². The third-order valence-corrected chi connectivity index (χ3v) is 5.38. The molecule has 1 aliphatic rings. The summed E-state index contributed by atoms with van der Waals surface area (Å²) in [6.07, 6.45) is 2.82. The van der Waals surface area contributed by atoms with Crippen molar-refractivity contribution in [3.8, 4) is 17.2 Å². The van der Waals surface area contributed by atoms with Gasteiger partial charge in [0.05, 0.1) is 20.1 Å². The summed E-state index contributed by atoms with van der Waals surface area (Å²) in [5.74, 6) is 0.544. The summed E-state index contributed by atoms with van der Waals surface area (Å²) in [6.45, 7) is 3.68. The molecule has 6 heteroatoms. The summed E-state index contributed by atoms with van der Waals surface area (Å²) in [5, 5.41) is 9.82. The standard InChI is InChI=1S/C23H29NO5/c1-27-19-8-5-17(6-9-19)21(23(25)26)15-18-7-10-20(28-2)16-22(18)29-14-13-24-11-3-4-12-24/h5-10,16,21H,3-4,11-15H2,1-2H3,(H,25,26). The van der Waals surface area contributed by atoms with Gasteiger partial charge in [0.25, 0.3) is 0 Å². The van der Waals surface area contributed by atoms with Gasteiger partial charge in [0.15, 0.2) is 0 Å². The summed E-state index contributed by atoms with van der Waals surface area (Å²) in [6, 6.07) is 12.7. The van der Waals surface area contributed by atoms with Gasteiger partial charge in [0.1, 0.15) is 23.9 Å². The van der Waals surface area contributed by atoms with E-state index in [9.17, 15) is 9.90 Å². The van der Waals surface area contributed by atoms with Crippen molar-refractivity contribution in [2.45, 2.75) is 25.2 Å². The number of rotatable bonds is 10. The molecule has 1 N–H and O–H groups in total. The van der Waals surface area contributed by atoms with E-state index in [1.54, 1.807) is 38.5 Å². The van der Waals surface area contributed by atoms with Crippen molar-refractivity contribution in [3.63, 3.8) is 0 Å². The molecule has 3 rings (SSSR count). The van der Waals surface area contributed by atoms with Gasteiger partial charge < -0.3 is 19.3 Å². The Bertz CT molecular complexity index is 799. The molecule has 6 nitrogen and oxygen atoms in total. The van der Waals surface area contributed by atoms with Crippen molar-refractivity contribution in [3.05, 3.63) is 53.6 Å². The van der Waals surface area contributed by atoms with Crippen LogP contribution in [0.3, 0.4) is 0 Å². The molecule has 156 valence electrons. The summed E-state index contributed by atoms with van der Waals surface area (Å²) in [4.78, 5) is 14.4. The highest BCUT2D eigenvalue weighted by atomic mass is 16.5. The fourth-order valence-electron chi connectivity index (χ4n) is 3.66. The molecule has 2 aromatic rings. The Balaban J connectivity index is 1.76. The van der Waals surface area contributed by atoms with Crippen LogP contribution in [0, 0.1) is 0 Å². The second-order valence-electron chi connectivity index (χ2n) is 7.24. The second kappa shape index (κ2) is 10.2. The van der Waals surface area contributed by atoms with E-state index in [1.807, 2.05) is 18.2 Å². The molecular weight excluding hydrogens is 370 g/mol. The van der Waals surface area contributed by atoms with Crippen LogP contribution in [0.25, 0.3) is 0 Å². The van der Waals surface area contributed by atoms with Crippen LogP contribution in [0.2, 0.25) is 0 Å². The van der Waals surface area contributed by atoms with E-state index in [2.05, 4.69) is 4.90 Å². The molecule has 0 spiro atoms. The third kappa shape index (κ3) is 5.64. The Kier molecular flexibility index (Phi) is 7.36. The first-order valence-corrected chi connectivity index (χ1v) is 9.99. The number of ether oxygens (including phenoxy) is 3. The topological polar surface area (TPSA) is 68.2 Å². The molecular formula is C23H29NO5. The van der Waals surface area contributed by atoms with Gasteiger partial charge in [-0.1, -0.05) is 18.2 Å². The monoisotopic (exact) mass is 399 g/mol. The lowest BCUT2D eigenvalue weighted by molar-refractivity contribution is -0.138. The van der Waals surface area contributed by atoms with Crippen LogP contribution in [0.5, 0.6) is 17.2 Å². The van der Waals surface area contributed by atoms with E-state index >= 15 is 0 Å². The third-order valence-electron chi connectivity index (χ3n) is 5.38. The van der Waals surface area contributed by atoms with Crippen molar-refractivity contribution in [1.82, 2.24) is 4.90 Å². The Hall–Kier alpha value is -2.73. The predicted molar refractivity (Wildman–Crippen MR) is 111 cm³/mol. The largest absolute Gasteiger partial charge is 0.497 e. The Morgan fingerprint density at radius 1 is 1.03 bits per heavy atom. The van der Waals surface area contributed by atoms with Crippen LogP contribution in [0.15, 0.2) is 42.5 Å². The quantitative estimate of drug-likeness (QED) is 0.659. The van der Waals surface area contributed by atoms with Crippen molar-refractivity contribution in [1.29, 1.82) is 0 Å². The molecule has 0 aliphatic carbocycles. The Morgan fingerprint density at radius 3 is 2.31 bits per heavy atom. The number of hydrogen-bond donors (Lipinski definition) is 1. The van der Waals surface area contributed by atoms with Crippen molar-refractivity contribution >= 4 is 5.97 Å². The lowest BCUT2D eigenvalue weighted by atomic mass is 9.91. The molecule has 0 bridgehead atoms. The molecule has 2 aromatic carbocycles. The minimum absolute atomic E-state index is 0.338. The van der Waals surface area contributed by atoms with Crippen LogP contribution in [0.1, 0.15) is 29.9 Å². The molecule has 29 heavy (non-hydrogen) atoms. The lowest BCUT2D eigenvalue weighted by Crippen LogP contribution is -2.25. The Morgan fingerprint density at radius 2 is 1.69 bits per heavy atom. The van der Waals surface area contributed by atoms with E-state index < -0.39 is 11.9 Å². The molecule has 1 aliphatic heterocycles. The number of carboxylic acids is 1. The van der Waals surface area contributed by atoms with Crippen LogP contribution < -0.4 is 14.2 Å². The van der Waals surface area contributed by atoms with E-state index in [1.165, 1.54) is 12.8 Å². The number of carboxylic acid groups (broad SMARTS) is 1. The van der Waals surface area contributed by atoms with E-state index in [0.717, 1.165) is 30.8 Å². The molecule has 0 amide bonds. The minimum Gasteiger partial charge on any atom is -0.497 e. The summed E-state index contributed by atoms with van der Waals surface area (Å²) in [5.41, 5.74) is 1.59. The van der Waals surface area contributed by atoms with Crippen molar-refractivity contribution in [2.75, 3.05) is 40.5 Å². The van der Waals surface area contributed by atoms with Gasteiger partial charge in [-0.3, -0.25) is 9.69 Å². The Labute approximate surface area is 172 Å². The highest BCUT2D eigenvalue weighted by Crippen LogP contribution is 2.31. The zero-order valence-electron chi connectivity index (χ0n) is 17.1. The maximum Gasteiger partial charge on any atom is 0.311 e. The van der Waals surface area contributed by atoms with Crippen LogP contribution >= 0.6 is 0 Å². The second-order valence-corrected chi connectivity index (χ2v) is 7.24. The molecule has 1 fully saturated rings. The first kappa shape index (κ1) is 21.0. The summed E-state index contributed by atoms with van der Waals surface area (Å²) < 4.78 is 16.6. The molecule has 0 radical (unpaired) electrons. The fraction of sp³-hybridized carbons (Fsp3) is 0.435. The van der Waals surface area contributed by atoms with Gasteiger partial charge in [-0.2, -0.15) is 0 Å². The molecule has 1 saturated heterocycles.